The van der Waals surface area contributed by atoms with Crippen LogP contribution < -0.4 is 5.32 Å². The van der Waals surface area contributed by atoms with Crippen LogP contribution in [0.1, 0.15) is 11.1 Å². The minimum absolute atomic E-state index is 0.608. The number of fused-ring (bicyclic) bond motifs is 1. The third-order valence-electron chi connectivity index (χ3n) is 4.19. The molecule has 0 saturated carbocycles. The summed E-state index contributed by atoms with van der Waals surface area (Å²) < 4.78 is 0. The quantitative estimate of drug-likeness (QED) is 0.533. The summed E-state index contributed by atoms with van der Waals surface area (Å²) in [4.78, 5) is 12.1. The Morgan fingerprint density at radius 1 is 1.04 bits per heavy atom. The number of halogens is 1. The van der Waals surface area contributed by atoms with Crippen LogP contribution in [-0.4, -0.2) is 15.0 Å². The van der Waals surface area contributed by atoms with Gasteiger partial charge in [-0.1, -0.05) is 59.6 Å². The van der Waals surface area contributed by atoms with Crippen molar-refractivity contribution < 1.29 is 0 Å². The Hall–Kier alpha value is -2.85. The number of hydrogen-bond acceptors (Lipinski definition) is 3. The van der Waals surface area contributed by atoms with Crippen molar-refractivity contribution in [3.8, 4) is 11.3 Å². The van der Waals surface area contributed by atoms with E-state index in [0.717, 1.165) is 38.7 Å². The van der Waals surface area contributed by atoms with Gasteiger partial charge in [0.15, 0.2) is 0 Å². The molecule has 0 aliphatic heterocycles. The zero-order valence-corrected chi connectivity index (χ0v) is 14.5. The molecule has 4 nitrogen and oxygen atoms in total. The summed E-state index contributed by atoms with van der Waals surface area (Å²) in [5, 5.41) is 5.07. The van der Waals surface area contributed by atoms with Crippen molar-refractivity contribution >= 4 is 28.5 Å². The number of anilines is 1. The lowest BCUT2D eigenvalue weighted by Gasteiger charge is -2.07. The molecule has 2 aromatic heterocycles. The first-order valence-corrected chi connectivity index (χ1v) is 8.46. The zero-order valence-electron chi connectivity index (χ0n) is 13.8. The Morgan fingerprint density at radius 3 is 2.64 bits per heavy atom. The summed E-state index contributed by atoms with van der Waals surface area (Å²) in [6, 6.07) is 18.3. The Morgan fingerprint density at radius 2 is 1.84 bits per heavy atom. The molecule has 0 radical (unpaired) electrons. The van der Waals surface area contributed by atoms with E-state index in [1.807, 2.05) is 24.3 Å². The molecular weight excluding hydrogens is 332 g/mol. The van der Waals surface area contributed by atoms with Crippen LogP contribution in [0.3, 0.4) is 0 Å². The molecule has 0 bridgehead atoms. The first-order valence-electron chi connectivity index (χ1n) is 8.09. The van der Waals surface area contributed by atoms with Crippen LogP contribution in [0.2, 0.25) is 5.02 Å². The molecule has 124 valence electrons. The predicted molar refractivity (Wildman–Crippen MR) is 103 cm³/mol. The molecule has 0 amide bonds. The number of aryl methyl sites for hydroxylation is 1. The van der Waals surface area contributed by atoms with Gasteiger partial charge >= 0.3 is 0 Å². The predicted octanol–water partition coefficient (Wildman–Crippen LogP) is 5.20. The van der Waals surface area contributed by atoms with E-state index in [1.54, 1.807) is 6.33 Å². The lowest BCUT2D eigenvalue weighted by molar-refractivity contribution is 1.10. The second-order valence-corrected chi connectivity index (χ2v) is 6.39. The van der Waals surface area contributed by atoms with Crippen LogP contribution in [0.4, 0.5) is 5.82 Å². The molecule has 4 rings (SSSR count). The third kappa shape index (κ3) is 3.21. The normalized spacial score (nSPS) is 11.0. The van der Waals surface area contributed by atoms with Crippen molar-refractivity contribution in [2.75, 3.05) is 5.32 Å². The number of aromatic amines is 1. The third-order valence-corrected chi connectivity index (χ3v) is 4.56. The van der Waals surface area contributed by atoms with Gasteiger partial charge in [-0.05, 0) is 30.2 Å². The summed E-state index contributed by atoms with van der Waals surface area (Å²) in [5.41, 5.74) is 5.23. The standard InChI is InChI=1S/C20H17ClN4/c1-13-6-8-14(9-7-13)18-10-16-19(23-12-24-20(16)25-18)22-11-15-4-2-3-5-17(15)21/h2-10,12H,11H2,1H3,(H2,22,23,24,25). The fourth-order valence-electron chi connectivity index (χ4n) is 2.79. The molecule has 0 aliphatic rings. The largest absolute Gasteiger partial charge is 0.365 e. The highest BCUT2D eigenvalue weighted by Gasteiger charge is 2.10. The molecule has 0 atom stereocenters. The van der Waals surface area contributed by atoms with Gasteiger partial charge in [0.05, 0.1) is 5.39 Å². The van der Waals surface area contributed by atoms with Crippen LogP contribution in [-0.2, 0) is 6.54 Å². The smallest absolute Gasteiger partial charge is 0.143 e. The van der Waals surface area contributed by atoms with Crippen LogP contribution >= 0.6 is 11.6 Å². The van der Waals surface area contributed by atoms with Crippen LogP contribution in [0, 0.1) is 6.92 Å². The van der Waals surface area contributed by atoms with Crippen LogP contribution in [0.15, 0.2) is 60.9 Å². The summed E-state index contributed by atoms with van der Waals surface area (Å²) in [6.45, 7) is 2.69. The van der Waals surface area contributed by atoms with Crippen molar-refractivity contribution in [1.29, 1.82) is 0 Å². The molecule has 0 fully saturated rings. The molecule has 25 heavy (non-hydrogen) atoms. The number of nitrogens with one attached hydrogen (secondary N) is 2. The highest BCUT2D eigenvalue weighted by molar-refractivity contribution is 6.31. The summed E-state index contributed by atoms with van der Waals surface area (Å²) in [5.74, 6) is 0.791. The SMILES string of the molecule is Cc1ccc(-c2cc3c(NCc4ccccc4Cl)ncnc3[nH]2)cc1. The summed E-state index contributed by atoms with van der Waals surface area (Å²) in [6.07, 6.45) is 1.56. The van der Waals surface area contributed by atoms with E-state index in [2.05, 4.69) is 57.5 Å². The van der Waals surface area contributed by atoms with Gasteiger partial charge in [0, 0.05) is 17.3 Å². The van der Waals surface area contributed by atoms with Gasteiger partial charge in [0.25, 0.3) is 0 Å². The second kappa shape index (κ2) is 6.57. The Labute approximate surface area is 150 Å². The first-order chi connectivity index (χ1) is 12.2. The lowest BCUT2D eigenvalue weighted by atomic mass is 10.1. The van der Waals surface area contributed by atoms with Crippen molar-refractivity contribution in [1.82, 2.24) is 15.0 Å². The van der Waals surface area contributed by atoms with Gasteiger partial charge in [-0.25, -0.2) is 9.97 Å². The fraction of sp³-hybridized carbons (Fsp3) is 0.100. The Balaban J connectivity index is 1.66. The molecule has 0 saturated heterocycles. The van der Waals surface area contributed by atoms with Gasteiger partial charge in [-0.2, -0.15) is 0 Å². The molecule has 5 heteroatoms. The second-order valence-electron chi connectivity index (χ2n) is 5.98. The van der Waals surface area contributed by atoms with E-state index in [-0.39, 0.29) is 0 Å². The van der Waals surface area contributed by atoms with Crippen LogP contribution in [0.5, 0.6) is 0 Å². The molecular formula is C20H17ClN4. The van der Waals surface area contributed by atoms with Crippen molar-refractivity contribution in [2.24, 2.45) is 0 Å². The Kier molecular flexibility index (Phi) is 4.12. The molecule has 0 unspecified atom stereocenters. The number of H-pyrrole nitrogens is 1. The fourth-order valence-corrected chi connectivity index (χ4v) is 2.99. The van der Waals surface area contributed by atoms with Gasteiger partial charge in [0.2, 0.25) is 0 Å². The van der Waals surface area contributed by atoms with E-state index < -0.39 is 0 Å². The maximum atomic E-state index is 6.23. The molecule has 0 aliphatic carbocycles. The molecule has 2 N–H and O–H groups in total. The highest BCUT2D eigenvalue weighted by Crippen LogP contribution is 2.27. The van der Waals surface area contributed by atoms with Gasteiger partial charge in [-0.15, -0.1) is 0 Å². The monoisotopic (exact) mass is 348 g/mol. The maximum absolute atomic E-state index is 6.23. The molecule has 0 spiro atoms. The summed E-state index contributed by atoms with van der Waals surface area (Å²) in [7, 11) is 0. The van der Waals surface area contributed by atoms with E-state index in [1.165, 1.54) is 5.56 Å². The summed E-state index contributed by atoms with van der Waals surface area (Å²) >= 11 is 6.23. The van der Waals surface area contributed by atoms with Gasteiger partial charge < -0.3 is 10.3 Å². The number of hydrogen-bond donors (Lipinski definition) is 2. The molecule has 2 aromatic carbocycles. The lowest BCUT2D eigenvalue weighted by Crippen LogP contribution is -2.02. The number of aromatic nitrogens is 3. The topological polar surface area (TPSA) is 53.6 Å². The van der Waals surface area contributed by atoms with Crippen molar-refractivity contribution in [2.45, 2.75) is 13.5 Å². The number of nitrogens with zero attached hydrogens (tertiary/aromatic N) is 2. The average molecular weight is 349 g/mol. The zero-order chi connectivity index (χ0) is 17.2. The van der Waals surface area contributed by atoms with Gasteiger partial charge in [-0.3, -0.25) is 0 Å². The van der Waals surface area contributed by atoms with Crippen molar-refractivity contribution in [3.63, 3.8) is 0 Å². The molecule has 4 aromatic rings. The number of rotatable bonds is 4. The highest BCUT2D eigenvalue weighted by atomic mass is 35.5. The minimum atomic E-state index is 0.608. The molecule has 2 heterocycles. The van der Waals surface area contributed by atoms with E-state index >= 15 is 0 Å². The van der Waals surface area contributed by atoms with E-state index in [9.17, 15) is 0 Å². The maximum Gasteiger partial charge on any atom is 0.143 e. The van der Waals surface area contributed by atoms with Crippen LogP contribution in [0.25, 0.3) is 22.3 Å². The number of benzene rings is 2. The Bertz CT molecular complexity index is 1020. The van der Waals surface area contributed by atoms with Gasteiger partial charge in [0.1, 0.15) is 17.8 Å². The minimum Gasteiger partial charge on any atom is -0.365 e. The first kappa shape index (κ1) is 15.7. The van der Waals surface area contributed by atoms with E-state index in [4.69, 9.17) is 11.6 Å². The van der Waals surface area contributed by atoms with Crippen molar-refractivity contribution in [3.05, 3.63) is 77.1 Å². The van der Waals surface area contributed by atoms with E-state index in [0.29, 0.717) is 6.54 Å². The average Bonchev–Trinajstić information content (AvgIpc) is 3.06.